The number of unbranched alkanes of at least 4 members (excludes halogenated alkanes) is 23. The van der Waals surface area contributed by atoms with Gasteiger partial charge in [-0.15, -0.1) is 0 Å². The third-order valence-corrected chi connectivity index (χ3v) is 8.49. The molecule has 4 nitrogen and oxygen atoms in total. The smallest absolute Gasteiger partial charge is 0.306 e. The summed E-state index contributed by atoms with van der Waals surface area (Å²) in [4.78, 5) is 23.3. The first-order valence-electron chi connectivity index (χ1n) is 18.7. The number of carboxylic acids is 1. The van der Waals surface area contributed by atoms with Gasteiger partial charge in [-0.05, 0) is 57.8 Å². The van der Waals surface area contributed by atoms with Gasteiger partial charge in [-0.3, -0.25) is 9.59 Å². The highest BCUT2D eigenvalue weighted by atomic mass is 16.5. The SMILES string of the molecule is CCCCCCCC/C=C\CCCCCCCCCCCCCC(=O)OC(CCCCCCCCC)CCCC(=O)O. The number of rotatable bonds is 34. The van der Waals surface area contributed by atoms with E-state index in [9.17, 15) is 9.59 Å². The van der Waals surface area contributed by atoms with Gasteiger partial charge in [0.25, 0.3) is 0 Å². The van der Waals surface area contributed by atoms with Crippen LogP contribution in [0.3, 0.4) is 0 Å². The monoisotopic (exact) mass is 593 g/mol. The van der Waals surface area contributed by atoms with Gasteiger partial charge in [0, 0.05) is 12.8 Å². The molecule has 0 fully saturated rings. The second-order valence-corrected chi connectivity index (χ2v) is 12.8. The fraction of sp³-hybridized carbons (Fsp3) is 0.895. The Morgan fingerprint density at radius 2 is 0.881 bits per heavy atom. The van der Waals surface area contributed by atoms with Gasteiger partial charge in [-0.2, -0.15) is 0 Å². The molecule has 1 N–H and O–H groups in total. The molecular weight excluding hydrogens is 520 g/mol. The van der Waals surface area contributed by atoms with Crippen molar-refractivity contribution in [3.8, 4) is 0 Å². The van der Waals surface area contributed by atoms with Crippen LogP contribution in [0, 0.1) is 0 Å². The van der Waals surface area contributed by atoms with Crippen molar-refractivity contribution in [1.82, 2.24) is 0 Å². The number of esters is 1. The average Bonchev–Trinajstić information content (AvgIpc) is 2.97. The molecule has 0 saturated carbocycles. The van der Waals surface area contributed by atoms with E-state index in [-0.39, 0.29) is 18.5 Å². The van der Waals surface area contributed by atoms with Gasteiger partial charge < -0.3 is 9.84 Å². The van der Waals surface area contributed by atoms with Crippen molar-refractivity contribution in [2.45, 2.75) is 219 Å². The lowest BCUT2D eigenvalue weighted by molar-refractivity contribution is -0.150. The molecule has 42 heavy (non-hydrogen) atoms. The molecule has 0 radical (unpaired) electrons. The summed E-state index contributed by atoms with van der Waals surface area (Å²) < 4.78 is 5.79. The lowest BCUT2D eigenvalue weighted by atomic mass is 10.0. The Morgan fingerprint density at radius 3 is 1.33 bits per heavy atom. The van der Waals surface area contributed by atoms with Gasteiger partial charge in [0.2, 0.25) is 0 Å². The number of hydrogen-bond donors (Lipinski definition) is 1. The molecular formula is C38H72O4. The Bertz CT molecular complexity index is 600. The maximum Gasteiger partial charge on any atom is 0.306 e. The first kappa shape index (κ1) is 40.7. The number of carbonyl (C=O) groups excluding carboxylic acids is 1. The van der Waals surface area contributed by atoms with Crippen LogP contribution in [0.25, 0.3) is 0 Å². The van der Waals surface area contributed by atoms with E-state index < -0.39 is 5.97 Å². The molecule has 0 aliphatic heterocycles. The van der Waals surface area contributed by atoms with E-state index >= 15 is 0 Å². The molecule has 4 heteroatoms. The summed E-state index contributed by atoms with van der Waals surface area (Å²) in [7, 11) is 0. The summed E-state index contributed by atoms with van der Waals surface area (Å²) in [6.07, 6.45) is 41.0. The van der Waals surface area contributed by atoms with Crippen molar-refractivity contribution in [3.63, 3.8) is 0 Å². The Labute approximate surface area is 262 Å². The standard InChI is InChI=1S/C38H72O4/c1-3-5-7-9-11-12-13-14-15-16-17-18-19-20-21-22-23-24-26-28-30-35-38(41)42-36(33-31-34-37(39)40)32-29-27-25-10-8-6-4-2/h14-15,36H,3-13,16-35H2,1-2H3,(H,39,40)/b15-14-. The van der Waals surface area contributed by atoms with Gasteiger partial charge in [0.15, 0.2) is 0 Å². The van der Waals surface area contributed by atoms with Gasteiger partial charge in [0.05, 0.1) is 0 Å². The molecule has 0 aromatic heterocycles. The quantitative estimate of drug-likeness (QED) is 0.0458. The first-order valence-corrected chi connectivity index (χ1v) is 18.7. The lowest BCUT2D eigenvalue weighted by Gasteiger charge is -2.18. The molecule has 0 saturated heterocycles. The Hall–Kier alpha value is -1.32. The number of ether oxygens (including phenoxy) is 1. The highest BCUT2D eigenvalue weighted by Crippen LogP contribution is 2.18. The molecule has 0 aromatic rings. The van der Waals surface area contributed by atoms with Crippen molar-refractivity contribution in [3.05, 3.63) is 12.2 Å². The van der Waals surface area contributed by atoms with Crippen LogP contribution in [-0.4, -0.2) is 23.1 Å². The number of carbonyl (C=O) groups is 2. The zero-order valence-electron chi connectivity index (χ0n) is 28.3. The third-order valence-electron chi connectivity index (χ3n) is 8.49. The lowest BCUT2D eigenvalue weighted by Crippen LogP contribution is -2.18. The number of hydrogen-bond acceptors (Lipinski definition) is 3. The van der Waals surface area contributed by atoms with E-state index in [1.807, 2.05) is 0 Å². The number of allylic oxidation sites excluding steroid dienone is 2. The van der Waals surface area contributed by atoms with E-state index in [1.54, 1.807) is 0 Å². The molecule has 0 amide bonds. The van der Waals surface area contributed by atoms with Gasteiger partial charge >= 0.3 is 11.9 Å². The summed E-state index contributed by atoms with van der Waals surface area (Å²) in [5.41, 5.74) is 0. The highest BCUT2D eigenvalue weighted by Gasteiger charge is 2.15. The Kier molecular flexibility index (Phi) is 33.1. The van der Waals surface area contributed by atoms with Crippen LogP contribution in [0.1, 0.15) is 213 Å². The molecule has 0 bridgehead atoms. The highest BCUT2D eigenvalue weighted by molar-refractivity contribution is 5.69. The molecule has 0 heterocycles. The second kappa shape index (κ2) is 34.2. The van der Waals surface area contributed by atoms with Crippen LogP contribution in [0.15, 0.2) is 12.2 Å². The van der Waals surface area contributed by atoms with E-state index in [0.29, 0.717) is 19.3 Å². The molecule has 0 spiro atoms. The first-order chi connectivity index (χ1) is 20.6. The van der Waals surface area contributed by atoms with Crippen molar-refractivity contribution in [1.29, 1.82) is 0 Å². The Morgan fingerprint density at radius 1 is 0.500 bits per heavy atom. The number of aliphatic carboxylic acids is 1. The van der Waals surface area contributed by atoms with Crippen LogP contribution in [0.4, 0.5) is 0 Å². The molecule has 1 atom stereocenters. The summed E-state index contributed by atoms with van der Waals surface area (Å²) in [6, 6.07) is 0. The summed E-state index contributed by atoms with van der Waals surface area (Å²) in [5.74, 6) is -0.861. The minimum atomic E-state index is -0.770. The van der Waals surface area contributed by atoms with E-state index in [4.69, 9.17) is 9.84 Å². The fourth-order valence-electron chi connectivity index (χ4n) is 5.72. The third kappa shape index (κ3) is 33.2. The van der Waals surface area contributed by atoms with Crippen LogP contribution in [-0.2, 0) is 14.3 Å². The summed E-state index contributed by atoms with van der Waals surface area (Å²) in [6.45, 7) is 4.51. The fourth-order valence-corrected chi connectivity index (χ4v) is 5.72. The van der Waals surface area contributed by atoms with Crippen molar-refractivity contribution in [2.24, 2.45) is 0 Å². The zero-order chi connectivity index (χ0) is 30.8. The zero-order valence-corrected chi connectivity index (χ0v) is 28.3. The minimum absolute atomic E-state index is 0.0911. The maximum atomic E-state index is 12.4. The van der Waals surface area contributed by atoms with Crippen LogP contribution >= 0.6 is 0 Å². The van der Waals surface area contributed by atoms with Crippen LogP contribution < -0.4 is 0 Å². The molecule has 0 aromatic carbocycles. The van der Waals surface area contributed by atoms with Crippen molar-refractivity contribution in [2.75, 3.05) is 0 Å². The number of carboxylic acid groups (broad SMARTS) is 1. The molecule has 0 aliphatic rings. The van der Waals surface area contributed by atoms with E-state index in [1.165, 1.54) is 148 Å². The maximum absolute atomic E-state index is 12.4. The normalized spacial score (nSPS) is 12.2. The average molecular weight is 593 g/mol. The van der Waals surface area contributed by atoms with E-state index in [2.05, 4.69) is 26.0 Å². The predicted octanol–water partition coefficient (Wildman–Crippen LogP) is 12.7. The second-order valence-electron chi connectivity index (χ2n) is 12.8. The molecule has 0 rings (SSSR count). The van der Waals surface area contributed by atoms with Gasteiger partial charge in [0.1, 0.15) is 6.10 Å². The summed E-state index contributed by atoms with van der Waals surface area (Å²) in [5, 5.41) is 8.95. The largest absolute Gasteiger partial charge is 0.481 e. The summed E-state index contributed by atoms with van der Waals surface area (Å²) >= 11 is 0. The topological polar surface area (TPSA) is 63.6 Å². The van der Waals surface area contributed by atoms with Crippen molar-refractivity contribution < 1.29 is 19.4 Å². The van der Waals surface area contributed by atoms with Crippen molar-refractivity contribution >= 4 is 11.9 Å². The molecule has 1 unspecified atom stereocenters. The predicted molar refractivity (Wildman–Crippen MR) is 181 cm³/mol. The van der Waals surface area contributed by atoms with Crippen LogP contribution in [0.2, 0.25) is 0 Å². The molecule has 248 valence electrons. The van der Waals surface area contributed by atoms with Gasteiger partial charge in [-0.25, -0.2) is 0 Å². The molecule has 0 aliphatic carbocycles. The van der Waals surface area contributed by atoms with Gasteiger partial charge in [-0.1, -0.05) is 154 Å². The van der Waals surface area contributed by atoms with E-state index in [0.717, 1.165) is 25.7 Å². The Balaban J connectivity index is 3.63. The minimum Gasteiger partial charge on any atom is -0.481 e. The van der Waals surface area contributed by atoms with Crippen LogP contribution in [0.5, 0.6) is 0 Å².